The molecule has 0 bridgehead atoms. The Morgan fingerprint density at radius 1 is 1.29 bits per heavy atom. The number of amides is 1. The van der Waals surface area contributed by atoms with Gasteiger partial charge in [-0.1, -0.05) is 53.4 Å². The van der Waals surface area contributed by atoms with Crippen LogP contribution in [0.25, 0.3) is 0 Å². The lowest BCUT2D eigenvalue weighted by molar-refractivity contribution is -0.155. The fourth-order valence-electron chi connectivity index (χ4n) is 3.03. The highest BCUT2D eigenvalue weighted by Crippen LogP contribution is 2.27. The Balaban J connectivity index is 1.50. The lowest BCUT2D eigenvalue weighted by Gasteiger charge is -2.33. The highest BCUT2D eigenvalue weighted by molar-refractivity contribution is 8.01. The van der Waals surface area contributed by atoms with E-state index >= 15 is 0 Å². The first kappa shape index (κ1) is 20.6. The minimum atomic E-state index is -0.459. The van der Waals surface area contributed by atoms with Gasteiger partial charge in [-0.3, -0.25) is 4.79 Å². The van der Waals surface area contributed by atoms with Crippen LogP contribution in [-0.4, -0.2) is 51.9 Å². The number of benzene rings is 1. The summed E-state index contributed by atoms with van der Waals surface area (Å²) in [5.74, 6) is -0.121. The van der Waals surface area contributed by atoms with E-state index in [0.29, 0.717) is 26.1 Å². The van der Waals surface area contributed by atoms with Crippen LogP contribution in [0.3, 0.4) is 0 Å². The van der Waals surface area contributed by atoms with Crippen LogP contribution < -0.4 is 5.32 Å². The lowest BCUT2D eigenvalue weighted by Crippen LogP contribution is -2.49. The Morgan fingerprint density at radius 2 is 2.11 bits per heavy atom. The zero-order valence-corrected chi connectivity index (χ0v) is 17.4. The molecule has 9 heteroatoms. The fourth-order valence-corrected chi connectivity index (χ4v) is 4.67. The van der Waals surface area contributed by atoms with E-state index in [1.54, 1.807) is 11.8 Å². The average Bonchev–Trinajstić information content (AvgIpc) is 3.19. The van der Waals surface area contributed by atoms with Crippen molar-refractivity contribution in [3.05, 3.63) is 35.9 Å². The first-order chi connectivity index (χ1) is 13.7. The number of rotatable bonds is 8. The summed E-state index contributed by atoms with van der Waals surface area (Å²) in [5.41, 5.74) is 1.16. The molecule has 2 heterocycles. The summed E-state index contributed by atoms with van der Waals surface area (Å²) < 4.78 is 5.85. The number of anilines is 1. The largest absolute Gasteiger partial charge is 0.464 e. The molecule has 150 valence electrons. The number of piperidine rings is 1. The normalized spacial score (nSPS) is 16.6. The van der Waals surface area contributed by atoms with Crippen molar-refractivity contribution < 1.29 is 14.3 Å². The number of carbonyl (C=O) groups excluding carboxylic acids is 2. The van der Waals surface area contributed by atoms with Gasteiger partial charge < -0.3 is 15.0 Å². The Bertz CT molecular complexity index is 784. The van der Waals surface area contributed by atoms with E-state index < -0.39 is 6.04 Å². The first-order valence-corrected chi connectivity index (χ1v) is 11.2. The summed E-state index contributed by atoms with van der Waals surface area (Å²) in [7, 11) is 0. The second-order valence-corrected chi connectivity index (χ2v) is 8.55. The third-order valence-electron chi connectivity index (χ3n) is 4.39. The molecule has 1 aromatic heterocycles. The maximum Gasteiger partial charge on any atom is 0.328 e. The molecule has 0 saturated carbocycles. The molecule has 2 aromatic rings. The van der Waals surface area contributed by atoms with Gasteiger partial charge >= 0.3 is 5.97 Å². The number of carbonyl (C=O) groups is 2. The molecule has 1 aromatic carbocycles. The van der Waals surface area contributed by atoms with Crippen molar-refractivity contribution >= 4 is 40.1 Å². The highest BCUT2D eigenvalue weighted by Gasteiger charge is 2.33. The number of aromatic nitrogens is 2. The Labute approximate surface area is 172 Å². The van der Waals surface area contributed by atoms with E-state index in [0.717, 1.165) is 27.9 Å². The number of hydrogen-bond acceptors (Lipinski definition) is 8. The van der Waals surface area contributed by atoms with Crippen LogP contribution in [0.1, 0.15) is 31.7 Å². The fraction of sp³-hybridized carbons (Fsp3) is 0.474. The molecule has 3 rings (SSSR count). The SMILES string of the molecule is CCOC(=O)[C@@H]1CCCCN1C(=O)CSc1nnc(NCc2ccccc2)s1. The molecule has 1 fully saturated rings. The van der Waals surface area contributed by atoms with Crippen LogP contribution in [-0.2, 0) is 20.9 Å². The molecular weight excluding hydrogens is 396 g/mol. The summed E-state index contributed by atoms with van der Waals surface area (Å²) in [6, 6.07) is 9.60. The van der Waals surface area contributed by atoms with Crippen LogP contribution in [0.4, 0.5) is 5.13 Å². The summed E-state index contributed by atoms with van der Waals surface area (Å²) in [5, 5.41) is 12.2. The zero-order chi connectivity index (χ0) is 19.8. The summed E-state index contributed by atoms with van der Waals surface area (Å²) in [6.07, 6.45) is 2.52. The summed E-state index contributed by atoms with van der Waals surface area (Å²) >= 11 is 2.78. The van der Waals surface area contributed by atoms with Gasteiger partial charge in [0.15, 0.2) is 4.34 Å². The van der Waals surface area contributed by atoms with E-state index in [4.69, 9.17) is 4.74 Å². The van der Waals surface area contributed by atoms with Gasteiger partial charge in [-0.25, -0.2) is 4.79 Å². The van der Waals surface area contributed by atoms with Crippen molar-refractivity contribution in [3.8, 4) is 0 Å². The molecule has 1 N–H and O–H groups in total. The number of esters is 1. The number of hydrogen-bond donors (Lipinski definition) is 1. The quantitative estimate of drug-likeness (QED) is 0.519. The maximum absolute atomic E-state index is 12.6. The van der Waals surface area contributed by atoms with Gasteiger partial charge in [0.2, 0.25) is 11.0 Å². The molecule has 1 aliphatic heterocycles. The van der Waals surface area contributed by atoms with Gasteiger partial charge in [-0.15, -0.1) is 10.2 Å². The second kappa shape index (κ2) is 10.4. The van der Waals surface area contributed by atoms with Gasteiger partial charge in [-0.05, 0) is 31.7 Å². The van der Waals surface area contributed by atoms with Crippen molar-refractivity contribution in [3.63, 3.8) is 0 Å². The molecule has 1 aliphatic rings. The Morgan fingerprint density at radius 3 is 2.89 bits per heavy atom. The van der Waals surface area contributed by atoms with Crippen molar-refractivity contribution in [1.29, 1.82) is 0 Å². The number of nitrogens with one attached hydrogen (secondary N) is 1. The van der Waals surface area contributed by atoms with Crippen LogP contribution in [0.15, 0.2) is 34.7 Å². The van der Waals surface area contributed by atoms with Gasteiger partial charge in [0, 0.05) is 13.1 Å². The maximum atomic E-state index is 12.6. The number of likely N-dealkylation sites (tertiary alicyclic amines) is 1. The van der Waals surface area contributed by atoms with Crippen molar-refractivity contribution in [1.82, 2.24) is 15.1 Å². The smallest absolute Gasteiger partial charge is 0.328 e. The zero-order valence-electron chi connectivity index (χ0n) is 15.8. The van der Waals surface area contributed by atoms with Gasteiger partial charge in [0.05, 0.1) is 12.4 Å². The van der Waals surface area contributed by atoms with E-state index in [1.807, 2.05) is 30.3 Å². The topological polar surface area (TPSA) is 84.4 Å². The minimum absolute atomic E-state index is 0.0586. The summed E-state index contributed by atoms with van der Waals surface area (Å²) in [4.78, 5) is 26.4. The van der Waals surface area contributed by atoms with Crippen LogP contribution in [0, 0.1) is 0 Å². The van der Waals surface area contributed by atoms with Gasteiger partial charge in [-0.2, -0.15) is 0 Å². The van der Waals surface area contributed by atoms with E-state index in [-0.39, 0.29) is 17.6 Å². The standard InChI is InChI=1S/C19H24N4O3S2/c1-2-26-17(25)15-10-6-7-11-23(15)16(24)13-27-19-22-21-18(28-19)20-12-14-8-4-3-5-9-14/h3-5,8-9,15H,2,6-7,10-13H2,1H3,(H,20,21)/t15-/m0/s1. The van der Waals surface area contributed by atoms with E-state index in [9.17, 15) is 9.59 Å². The second-order valence-electron chi connectivity index (χ2n) is 6.35. The highest BCUT2D eigenvalue weighted by atomic mass is 32.2. The molecule has 0 unspecified atom stereocenters. The first-order valence-electron chi connectivity index (χ1n) is 9.37. The average molecular weight is 421 g/mol. The molecule has 0 radical (unpaired) electrons. The third-order valence-corrected chi connectivity index (χ3v) is 6.39. The molecule has 28 heavy (non-hydrogen) atoms. The monoisotopic (exact) mass is 420 g/mol. The molecular formula is C19H24N4O3S2. The van der Waals surface area contributed by atoms with Gasteiger partial charge in [0.25, 0.3) is 0 Å². The van der Waals surface area contributed by atoms with Crippen molar-refractivity contribution in [2.24, 2.45) is 0 Å². The lowest BCUT2D eigenvalue weighted by atomic mass is 10.0. The molecule has 1 amide bonds. The third kappa shape index (κ3) is 5.68. The number of thioether (sulfide) groups is 1. The number of ether oxygens (including phenoxy) is 1. The number of nitrogens with zero attached hydrogens (tertiary/aromatic N) is 3. The molecule has 0 spiro atoms. The van der Waals surface area contributed by atoms with Crippen LogP contribution in [0.2, 0.25) is 0 Å². The van der Waals surface area contributed by atoms with Crippen LogP contribution in [0.5, 0.6) is 0 Å². The van der Waals surface area contributed by atoms with E-state index in [2.05, 4.69) is 15.5 Å². The van der Waals surface area contributed by atoms with Gasteiger partial charge in [0.1, 0.15) is 6.04 Å². The van der Waals surface area contributed by atoms with E-state index in [1.165, 1.54) is 23.1 Å². The van der Waals surface area contributed by atoms with Crippen LogP contribution >= 0.6 is 23.1 Å². The predicted molar refractivity (Wildman–Crippen MR) is 110 cm³/mol. The van der Waals surface area contributed by atoms with Crippen molar-refractivity contribution in [2.45, 2.75) is 43.1 Å². The Hall–Kier alpha value is -2.13. The minimum Gasteiger partial charge on any atom is -0.464 e. The Kier molecular flexibility index (Phi) is 7.67. The molecule has 1 saturated heterocycles. The van der Waals surface area contributed by atoms with Crippen molar-refractivity contribution in [2.75, 3.05) is 24.2 Å². The molecule has 7 nitrogen and oxygen atoms in total. The predicted octanol–water partition coefficient (Wildman–Crippen LogP) is 3.19. The molecule has 1 atom stereocenters. The summed E-state index contributed by atoms with van der Waals surface area (Å²) in [6.45, 7) is 3.38. The molecule has 0 aliphatic carbocycles.